The summed E-state index contributed by atoms with van der Waals surface area (Å²) in [4.78, 5) is 13.0. The number of hydrogen-bond donors (Lipinski definition) is 0. The normalized spacial score (nSPS) is 25.3. The lowest BCUT2D eigenvalue weighted by Crippen LogP contribution is -2.38. The first-order chi connectivity index (χ1) is 5.24. The Balaban J connectivity index is 2.39. The van der Waals surface area contributed by atoms with Gasteiger partial charge >= 0.3 is 0 Å². The van der Waals surface area contributed by atoms with Gasteiger partial charge in [-0.05, 0) is 18.8 Å². The number of likely N-dealkylation sites (tertiary alicyclic amines) is 1. The second-order valence-electron chi connectivity index (χ2n) is 3.38. The first-order valence-corrected chi connectivity index (χ1v) is 4.49. The van der Waals surface area contributed by atoms with Crippen LogP contribution < -0.4 is 0 Å². The van der Waals surface area contributed by atoms with Gasteiger partial charge in [-0.15, -0.1) is 0 Å². The maximum atomic E-state index is 11.0. The van der Waals surface area contributed by atoms with Gasteiger partial charge in [0, 0.05) is 20.0 Å². The average molecular weight is 155 g/mol. The fourth-order valence-corrected chi connectivity index (χ4v) is 1.68. The van der Waals surface area contributed by atoms with E-state index in [9.17, 15) is 4.79 Å². The molecule has 2 nitrogen and oxygen atoms in total. The zero-order valence-corrected chi connectivity index (χ0v) is 7.47. The molecule has 0 aromatic heterocycles. The molecule has 11 heavy (non-hydrogen) atoms. The smallest absolute Gasteiger partial charge is 0.219 e. The minimum Gasteiger partial charge on any atom is -0.343 e. The van der Waals surface area contributed by atoms with Crippen LogP contribution in [-0.4, -0.2) is 23.9 Å². The van der Waals surface area contributed by atoms with Crippen LogP contribution in [0.25, 0.3) is 0 Å². The molecule has 1 fully saturated rings. The molecule has 0 N–H and O–H groups in total. The average Bonchev–Trinajstić information content (AvgIpc) is 2.05. The number of rotatable bonds is 1. The summed E-state index contributed by atoms with van der Waals surface area (Å²) in [5.41, 5.74) is 0. The zero-order chi connectivity index (χ0) is 8.27. The van der Waals surface area contributed by atoms with Crippen LogP contribution in [0.15, 0.2) is 0 Å². The third-order valence-electron chi connectivity index (χ3n) is 2.54. The summed E-state index contributed by atoms with van der Waals surface area (Å²) < 4.78 is 0. The number of hydrogen-bond acceptors (Lipinski definition) is 1. The van der Waals surface area contributed by atoms with E-state index in [-0.39, 0.29) is 5.91 Å². The first kappa shape index (κ1) is 8.57. The van der Waals surface area contributed by atoms with E-state index in [0.29, 0.717) is 0 Å². The fraction of sp³-hybridized carbons (Fsp3) is 0.889. The Morgan fingerprint density at radius 1 is 1.64 bits per heavy atom. The third kappa shape index (κ3) is 2.21. The van der Waals surface area contributed by atoms with Crippen molar-refractivity contribution in [2.24, 2.45) is 5.92 Å². The fourth-order valence-electron chi connectivity index (χ4n) is 1.68. The van der Waals surface area contributed by atoms with Crippen LogP contribution in [0.1, 0.15) is 33.1 Å². The lowest BCUT2D eigenvalue weighted by Gasteiger charge is -2.31. The van der Waals surface area contributed by atoms with Gasteiger partial charge in [-0.2, -0.15) is 0 Å². The maximum absolute atomic E-state index is 11.0. The number of piperidine rings is 1. The summed E-state index contributed by atoms with van der Waals surface area (Å²) in [5, 5.41) is 0. The topological polar surface area (TPSA) is 20.3 Å². The van der Waals surface area contributed by atoms with E-state index >= 15 is 0 Å². The Hall–Kier alpha value is -0.530. The van der Waals surface area contributed by atoms with E-state index in [1.54, 1.807) is 6.92 Å². The van der Waals surface area contributed by atoms with Crippen molar-refractivity contribution in [1.82, 2.24) is 4.90 Å². The molecule has 0 aliphatic carbocycles. The van der Waals surface area contributed by atoms with Crippen LogP contribution in [0.5, 0.6) is 0 Å². The van der Waals surface area contributed by atoms with Gasteiger partial charge in [0.2, 0.25) is 5.91 Å². The Morgan fingerprint density at radius 3 is 2.91 bits per heavy atom. The minimum absolute atomic E-state index is 0.239. The van der Waals surface area contributed by atoms with Crippen molar-refractivity contribution in [1.29, 1.82) is 0 Å². The van der Waals surface area contributed by atoms with Gasteiger partial charge in [0.15, 0.2) is 0 Å². The van der Waals surface area contributed by atoms with Gasteiger partial charge in [0.05, 0.1) is 0 Å². The lowest BCUT2D eigenvalue weighted by molar-refractivity contribution is -0.130. The van der Waals surface area contributed by atoms with Gasteiger partial charge in [0.1, 0.15) is 0 Å². The molecule has 0 saturated carbocycles. The van der Waals surface area contributed by atoms with Gasteiger partial charge in [-0.1, -0.05) is 13.3 Å². The molecule has 1 heterocycles. The molecule has 0 radical (unpaired) electrons. The molecule has 0 bridgehead atoms. The maximum Gasteiger partial charge on any atom is 0.219 e. The van der Waals surface area contributed by atoms with Gasteiger partial charge < -0.3 is 4.90 Å². The van der Waals surface area contributed by atoms with Crippen molar-refractivity contribution in [3.8, 4) is 0 Å². The van der Waals surface area contributed by atoms with Crippen molar-refractivity contribution < 1.29 is 4.79 Å². The summed E-state index contributed by atoms with van der Waals surface area (Å²) in [5.74, 6) is 0.996. The first-order valence-electron chi connectivity index (χ1n) is 4.49. The predicted octanol–water partition coefficient (Wildman–Crippen LogP) is 1.65. The highest BCUT2D eigenvalue weighted by Crippen LogP contribution is 2.18. The van der Waals surface area contributed by atoms with Crippen LogP contribution in [-0.2, 0) is 4.79 Å². The Morgan fingerprint density at radius 2 is 2.36 bits per heavy atom. The van der Waals surface area contributed by atoms with E-state index in [4.69, 9.17) is 0 Å². The highest BCUT2D eigenvalue weighted by molar-refractivity contribution is 5.73. The summed E-state index contributed by atoms with van der Waals surface area (Å²) in [6.07, 6.45) is 3.71. The number of carbonyl (C=O) groups is 1. The molecule has 1 aliphatic heterocycles. The van der Waals surface area contributed by atoms with E-state index < -0.39 is 0 Å². The van der Waals surface area contributed by atoms with Gasteiger partial charge in [0.25, 0.3) is 0 Å². The highest BCUT2D eigenvalue weighted by atomic mass is 16.2. The quantitative estimate of drug-likeness (QED) is 0.564. The zero-order valence-electron chi connectivity index (χ0n) is 7.47. The molecule has 1 rings (SSSR count). The van der Waals surface area contributed by atoms with E-state index in [2.05, 4.69) is 6.92 Å². The molecule has 0 spiro atoms. The highest BCUT2D eigenvalue weighted by Gasteiger charge is 2.19. The molecule has 2 heteroatoms. The van der Waals surface area contributed by atoms with Crippen molar-refractivity contribution >= 4 is 5.91 Å². The van der Waals surface area contributed by atoms with Crippen molar-refractivity contribution in [3.05, 3.63) is 0 Å². The van der Waals surface area contributed by atoms with E-state index in [0.717, 1.165) is 19.0 Å². The Labute approximate surface area is 68.6 Å². The largest absolute Gasteiger partial charge is 0.343 e. The Bertz CT molecular complexity index is 144. The standard InChI is InChI=1S/C9H17NO/c1-3-9-5-4-6-10(7-9)8(2)11/h9H,3-7H2,1-2H3. The molecule has 1 amide bonds. The van der Waals surface area contributed by atoms with Crippen LogP contribution in [0.2, 0.25) is 0 Å². The lowest BCUT2D eigenvalue weighted by atomic mass is 9.96. The van der Waals surface area contributed by atoms with Crippen LogP contribution >= 0.6 is 0 Å². The Kier molecular flexibility index (Phi) is 2.92. The minimum atomic E-state index is 0.239. The molecule has 0 aromatic rings. The van der Waals surface area contributed by atoms with Crippen molar-refractivity contribution in [2.75, 3.05) is 13.1 Å². The number of nitrogens with zero attached hydrogens (tertiary/aromatic N) is 1. The predicted molar refractivity (Wildman–Crippen MR) is 45.3 cm³/mol. The molecular weight excluding hydrogens is 138 g/mol. The summed E-state index contributed by atoms with van der Waals surface area (Å²) in [6.45, 7) is 5.84. The molecule has 0 aromatic carbocycles. The number of amides is 1. The second-order valence-corrected chi connectivity index (χ2v) is 3.38. The second kappa shape index (κ2) is 3.74. The summed E-state index contributed by atoms with van der Waals surface area (Å²) >= 11 is 0. The third-order valence-corrected chi connectivity index (χ3v) is 2.54. The van der Waals surface area contributed by atoms with Crippen LogP contribution in [0.4, 0.5) is 0 Å². The van der Waals surface area contributed by atoms with Gasteiger partial charge in [-0.3, -0.25) is 4.79 Å². The summed E-state index contributed by atoms with van der Waals surface area (Å²) in [7, 11) is 0. The van der Waals surface area contributed by atoms with E-state index in [1.165, 1.54) is 19.3 Å². The molecule has 1 aliphatic rings. The molecule has 1 saturated heterocycles. The number of carbonyl (C=O) groups excluding carboxylic acids is 1. The van der Waals surface area contributed by atoms with E-state index in [1.807, 2.05) is 4.90 Å². The van der Waals surface area contributed by atoms with Crippen LogP contribution in [0.3, 0.4) is 0 Å². The summed E-state index contributed by atoms with van der Waals surface area (Å²) in [6, 6.07) is 0. The SMILES string of the molecule is CCC1CCCN(C(C)=O)C1. The van der Waals surface area contributed by atoms with Crippen molar-refractivity contribution in [3.63, 3.8) is 0 Å². The molecule has 1 atom stereocenters. The van der Waals surface area contributed by atoms with Crippen LogP contribution in [0, 0.1) is 5.92 Å². The molecular formula is C9H17NO. The monoisotopic (exact) mass is 155 g/mol. The molecule has 64 valence electrons. The van der Waals surface area contributed by atoms with Gasteiger partial charge in [-0.25, -0.2) is 0 Å². The van der Waals surface area contributed by atoms with Crippen molar-refractivity contribution in [2.45, 2.75) is 33.1 Å². The molecule has 1 unspecified atom stereocenters.